The van der Waals surface area contributed by atoms with Gasteiger partial charge in [-0.15, -0.1) is 0 Å². The van der Waals surface area contributed by atoms with Crippen LogP contribution in [0.5, 0.6) is 0 Å². The highest BCUT2D eigenvalue weighted by molar-refractivity contribution is 4.57. The molecule has 0 rings (SSSR count). The van der Waals surface area contributed by atoms with E-state index in [1.165, 1.54) is 4.90 Å². The molecule has 0 atom stereocenters. The van der Waals surface area contributed by atoms with Crippen LogP contribution in [-0.4, -0.2) is 54.4 Å². The SMILES string of the molecule is OCCN(CCO)CC(F)F. The van der Waals surface area contributed by atoms with Crippen molar-refractivity contribution in [2.24, 2.45) is 0 Å². The van der Waals surface area contributed by atoms with E-state index in [4.69, 9.17) is 10.2 Å². The van der Waals surface area contributed by atoms with Gasteiger partial charge in [-0.2, -0.15) is 0 Å². The van der Waals surface area contributed by atoms with Gasteiger partial charge in [0.05, 0.1) is 19.8 Å². The molecule has 5 heteroatoms. The van der Waals surface area contributed by atoms with Crippen LogP contribution in [0.4, 0.5) is 8.78 Å². The molecule has 0 fully saturated rings. The minimum Gasteiger partial charge on any atom is -0.395 e. The Bertz CT molecular complexity index is 86.7. The maximum atomic E-state index is 11.7. The standard InChI is InChI=1S/C6H13F2NO2/c7-6(8)5-9(1-3-10)2-4-11/h6,10-11H,1-5H2. The summed E-state index contributed by atoms with van der Waals surface area (Å²) in [6.45, 7) is -0.337. The van der Waals surface area contributed by atoms with E-state index in [0.29, 0.717) is 0 Å². The highest BCUT2D eigenvalue weighted by Gasteiger charge is 2.09. The van der Waals surface area contributed by atoms with Crippen molar-refractivity contribution in [3.8, 4) is 0 Å². The molecule has 0 aromatic carbocycles. The molecule has 0 aliphatic rings. The molecule has 68 valence electrons. The first-order valence-corrected chi connectivity index (χ1v) is 3.43. The van der Waals surface area contributed by atoms with E-state index in [9.17, 15) is 8.78 Å². The Balaban J connectivity index is 3.50. The zero-order chi connectivity index (χ0) is 8.69. The highest BCUT2D eigenvalue weighted by Crippen LogP contribution is 1.96. The Hall–Kier alpha value is -0.260. The number of alkyl halides is 2. The Morgan fingerprint density at radius 2 is 1.55 bits per heavy atom. The molecule has 0 saturated carbocycles. The minimum atomic E-state index is -2.41. The Morgan fingerprint density at radius 3 is 1.82 bits per heavy atom. The van der Waals surface area contributed by atoms with Crippen molar-refractivity contribution in [1.82, 2.24) is 4.90 Å². The predicted molar refractivity (Wildman–Crippen MR) is 36.6 cm³/mol. The van der Waals surface area contributed by atoms with Crippen molar-refractivity contribution in [3.05, 3.63) is 0 Å². The van der Waals surface area contributed by atoms with E-state index >= 15 is 0 Å². The van der Waals surface area contributed by atoms with E-state index in [0.717, 1.165) is 0 Å². The van der Waals surface area contributed by atoms with Crippen molar-refractivity contribution >= 4 is 0 Å². The van der Waals surface area contributed by atoms with Crippen LogP contribution in [0.3, 0.4) is 0 Å². The van der Waals surface area contributed by atoms with Crippen LogP contribution in [0.1, 0.15) is 0 Å². The molecule has 0 unspecified atom stereocenters. The lowest BCUT2D eigenvalue weighted by Gasteiger charge is -2.18. The number of aliphatic hydroxyl groups is 2. The molecule has 0 aromatic rings. The van der Waals surface area contributed by atoms with Gasteiger partial charge in [-0.05, 0) is 0 Å². The fourth-order valence-corrected chi connectivity index (χ4v) is 0.772. The molecule has 0 aliphatic heterocycles. The van der Waals surface area contributed by atoms with Gasteiger partial charge in [-0.1, -0.05) is 0 Å². The van der Waals surface area contributed by atoms with Crippen molar-refractivity contribution < 1.29 is 19.0 Å². The second-order valence-corrected chi connectivity index (χ2v) is 2.14. The summed E-state index contributed by atoms with van der Waals surface area (Å²) in [5, 5.41) is 16.8. The lowest BCUT2D eigenvalue weighted by Crippen LogP contribution is -2.33. The molecule has 11 heavy (non-hydrogen) atoms. The van der Waals surface area contributed by atoms with Gasteiger partial charge in [0.25, 0.3) is 6.43 Å². The molecule has 0 spiro atoms. The topological polar surface area (TPSA) is 43.7 Å². The maximum absolute atomic E-state index is 11.7. The third-order valence-corrected chi connectivity index (χ3v) is 1.23. The minimum absolute atomic E-state index is 0.160. The molecule has 3 nitrogen and oxygen atoms in total. The average Bonchev–Trinajstić information content (AvgIpc) is 1.87. The first-order chi connectivity index (χ1) is 5.20. The molecule has 0 aliphatic carbocycles. The molecule has 0 aromatic heterocycles. The van der Waals surface area contributed by atoms with Gasteiger partial charge >= 0.3 is 0 Å². The van der Waals surface area contributed by atoms with Gasteiger partial charge < -0.3 is 10.2 Å². The summed E-state index contributed by atoms with van der Waals surface area (Å²) in [6.07, 6.45) is -2.41. The third kappa shape index (κ3) is 6.15. The number of nitrogens with zero attached hydrogens (tertiary/aromatic N) is 1. The number of hydrogen-bond acceptors (Lipinski definition) is 3. The van der Waals surface area contributed by atoms with Gasteiger partial charge in [-0.3, -0.25) is 4.90 Å². The quantitative estimate of drug-likeness (QED) is 0.565. The first-order valence-electron chi connectivity index (χ1n) is 3.43. The van der Waals surface area contributed by atoms with Crippen LogP contribution in [-0.2, 0) is 0 Å². The molecule has 0 bridgehead atoms. The van der Waals surface area contributed by atoms with Crippen molar-refractivity contribution in [3.63, 3.8) is 0 Å². The second kappa shape index (κ2) is 6.45. The molecular weight excluding hydrogens is 156 g/mol. The summed E-state index contributed by atoms with van der Waals surface area (Å²) >= 11 is 0. The molecule has 0 heterocycles. The summed E-state index contributed by atoms with van der Waals surface area (Å²) in [7, 11) is 0. The van der Waals surface area contributed by atoms with E-state index in [1.807, 2.05) is 0 Å². The normalized spacial score (nSPS) is 11.5. The summed E-state index contributed by atoms with van der Waals surface area (Å²) in [5.74, 6) is 0. The average molecular weight is 169 g/mol. The van der Waals surface area contributed by atoms with Crippen LogP contribution in [0, 0.1) is 0 Å². The molecular formula is C6H13F2NO2. The maximum Gasteiger partial charge on any atom is 0.251 e. The van der Waals surface area contributed by atoms with Gasteiger partial charge in [0.2, 0.25) is 0 Å². The van der Waals surface area contributed by atoms with E-state index in [2.05, 4.69) is 0 Å². The van der Waals surface area contributed by atoms with Gasteiger partial charge in [-0.25, -0.2) is 8.78 Å². The van der Waals surface area contributed by atoms with Gasteiger partial charge in [0.1, 0.15) is 0 Å². The highest BCUT2D eigenvalue weighted by atomic mass is 19.3. The zero-order valence-electron chi connectivity index (χ0n) is 6.21. The number of rotatable bonds is 6. The first kappa shape index (κ1) is 10.7. The van der Waals surface area contributed by atoms with Crippen LogP contribution in [0.2, 0.25) is 0 Å². The van der Waals surface area contributed by atoms with Crippen LogP contribution < -0.4 is 0 Å². The summed E-state index contributed by atoms with van der Waals surface area (Å²) in [5.41, 5.74) is 0. The van der Waals surface area contributed by atoms with Crippen molar-refractivity contribution in [2.45, 2.75) is 6.43 Å². The van der Waals surface area contributed by atoms with E-state index < -0.39 is 6.43 Å². The molecule has 0 radical (unpaired) electrons. The zero-order valence-corrected chi connectivity index (χ0v) is 6.21. The summed E-state index contributed by atoms with van der Waals surface area (Å²) in [6, 6.07) is 0. The molecule has 0 saturated heterocycles. The van der Waals surface area contributed by atoms with Gasteiger partial charge in [0, 0.05) is 13.1 Å². The monoisotopic (exact) mass is 169 g/mol. The third-order valence-electron chi connectivity index (χ3n) is 1.23. The fraction of sp³-hybridized carbons (Fsp3) is 1.00. The molecule has 0 amide bonds. The largest absolute Gasteiger partial charge is 0.395 e. The van der Waals surface area contributed by atoms with Crippen molar-refractivity contribution in [2.75, 3.05) is 32.8 Å². The van der Waals surface area contributed by atoms with Crippen molar-refractivity contribution in [1.29, 1.82) is 0 Å². The predicted octanol–water partition coefficient (Wildman–Crippen LogP) is -0.462. The summed E-state index contributed by atoms with van der Waals surface area (Å²) < 4.78 is 23.5. The van der Waals surface area contributed by atoms with E-state index in [1.54, 1.807) is 0 Å². The van der Waals surface area contributed by atoms with E-state index in [-0.39, 0.29) is 32.8 Å². The van der Waals surface area contributed by atoms with Crippen LogP contribution in [0.25, 0.3) is 0 Å². The Kier molecular flexibility index (Phi) is 6.30. The number of halogens is 2. The number of hydrogen-bond donors (Lipinski definition) is 2. The molecule has 2 N–H and O–H groups in total. The van der Waals surface area contributed by atoms with Gasteiger partial charge in [0.15, 0.2) is 0 Å². The Morgan fingerprint density at radius 1 is 1.09 bits per heavy atom. The Labute approximate surface area is 64.2 Å². The van der Waals surface area contributed by atoms with Crippen LogP contribution in [0.15, 0.2) is 0 Å². The number of aliphatic hydroxyl groups excluding tert-OH is 2. The lowest BCUT2D eigenvalue weighted by atomic mass is 10.4. The summed E-state index contributed by atoms with van der Waals surface area (Å²) in [4.78, 5) is 1.31. The second-order valence-electron chi connectivity index (χ2n) is 2.14. The van der Waals surface area contributed by atoms with Crippen LogP contribution >= 0.6 is 0 Å². The fourth-order valence-electron chi connectivity index (χ4n) is 0.772. The smallest absolute Gasteiger partial charge is 0.251 e. The lowest BCUT2D eigenvalue weighted by molar-refractivity contribution is 0.0688.